The van der Waals surface area contributed by atoms with Crippen LogP contribution in [0.3, 0.4) is 0 Å². The number of carbonyl (C=O) groups is 1. The molecule has 2 atom stereocenters. The van der Waals surface area contributed by atoms with Crippen LogP contribution in [0.25, 0.3) is 22.3 Å². The highest BCUT2D eigenvalue weighted by atomic mass is 16.6. The first-order valence-corrected chi connectivity index (χ1v) is 13.6. The van der Waals surface area contributed by atoms with E-state index >= 15 is 0 Å². The van der Waals surface area contributed by atoms with Crippen LogP contribution in [0.1, 0.15) is 65.5 Å². The third kappa shape index (κ3) is 4.98. The van der Waals surface area contributed by atoms with Crippen molar-refractivity contribution in [3.05, 3.63) is 30.6 Å². The molecule has 1 unspecified atom stereocenters. The quantitative estimate of drug-likeness (QED) is 0.482. The lowest BCUT2D eigenvalue weighted by atomic mass is 9.90. The van der Waals surface area contributed by atoms with Gasteiger partial charge in [0.25, 0.3) is 0 Å². The Kier molecular flexibility index (Phi) is 6.33. The molecule has 2 radical (unpaired) electrons. The second kappa shape index (κ2) is 9.56. The molecule has 0 bridgehead atoms. The predicted molar refractivity (Wildman–Crippen MR) is 143 cm³/mol. The Morgan fingerprint density at radius 1 is 1.18 bits per heavy atom. The maximum atomic E-state index is 12.8. The standard InChI is InChI=1S/C28H34BN5O4/c1-27(2,3)38-26(35)33-12-11-28(9-10-28)22(17-33)37-23-16-30-15-20(31-23)25-19-14-18(29)7-8-21(19)34(32-25)24-6-4-5-13-36-24/h7-8,14-16,22,24H,4-6,9-13,17H2,1-3H3/t22-,24?/m0/s1. The van der Waals surface area contributed by atoms with Crippen molar-refractivity contribution in [3.63, 3.8) is 0 Å². The first-order chi connectivity index (χ1) is 18.2. The minimum atomic E-state index is -0.541. The lowest BCUT2D eigenvalue weighted by Crippen LogP contribution is -2.51. The summed E-state index contributed by atoms with van der Waals surface area (Å²) in [6.07, 6.45) is 8.87. The van der Waals surface area contributed by atoms with Crippen LogP contribution in [0.5, 0.6) is 5.88 Å². The van der Waals surface area contributed by atoms with Crippen LogP contribution in [-0.4, -0.2) is 70.0 Å². The fourth-order valence-corrected chi connectivity index (χ4v) is 5.54. The molecule has 2 aromatic heterocycles. The van der Waals surface area contributed by atoms with Gasteiger partial charge in [0.1, 0.15) is 30.9 Å². The van der Waals surface area contributed by atoms with Crippen molar-refractivity contribution in [2.24, 2.45) is 5.41 Å². The molecule has 4 heterocycles. The minimum absolute atomic E-state index is 0.0806. The van der Waals surface area contributed by atoms with Crippen molar-refractivity contribution >= 4 is 30.3 Å². The van der Waals surface area contributed by atoms with Crippen molar-refractivity contribution < 1.29 is 19.0 Å². The number of aromatic nitrogens is 4. The summed E-state index contributed by atoms with van der Waals surface area (Å²) < 4.78 is 20.0. The molecule has 0 N–H and O–H groups in total. The number of amides is 1. The molecule has 9 nitrogen and oxygen atoms in total. The first-order valence-electron chi connectivity index (χ1n) is 13.6. The number of carbonyl (C=O) groups excluding carboxylic acids is 1. The van der Waals surface area contributed by atoms with Gasteiger partial charge in [-0.3, -0.25) is 4.98 Å². The molecule has 1 aromatic carbocycles. The molecule has 6 rings (SSSR count). The van der Waals surface area contributed by atoms with Gasteiger partial charge in [-0.15, -0.1) is 0 Å². The fraction of sp³-hybridized carbons (Fsp3) is 0.571. The summed E-state index contributed by atoms with van der Waals surface area (Å²) in [6.45, 7) is 7.51. The van der Waals surface area contributed by atoms with Gasteiger partial charge in [-0.05, 0) is 65.4 Å². The SMILES string of the molecule is [B]c1ccc2c(c1)c(-c1cncc(O[C@H]3CN(C(=O)OC(C)(C)C)CCC34CC4)n1)nn2C1CCCCO1. The van der Waals surface area contributed by atoms with Crippen molar-refractivity contribution in [1.29, 1.82) is 0 Å². The maximum Gasteiger partial charge on any atom is 0.410 e. The van der Waals surface area contributed by atoms with E-state index in [1.165, 1.54) is 0 Å². The highest BCUT2D eigenvalue weighted by Gasteiger charge is 2.54. The van der Waals surface area contributed by atoms with Crippen molar-refractivity contribution in [3.8, 4) is 17.3 Å². The summed E-state index contributed by atoms with van der Waals surface area (Å²) in [5, 5.41) is 5.83. The Morgan fingerprint density at radius 3 is 2.76 bits per heavy atom. The highest BCUT2D eigenvalue weighted by Crippen LogP contribution is 2.54. The Bertz CT molecular complexity index is 1340. The van der Waals surface area contributed by atoms with E-state index < -0.39 is 5.60 Å². The molecule has 198 valence electrons. The molecule has 2 aliphatic heterocycles. The molecule has 2 saturated heterocycles. The summed E-state index contributed by atoms with van der Waals surface area (Å²) in [5.74, 6) is 0.422. The molecule has 1 spiro atoms. The third-order valence-electron chi connectivity index (χ3n) is 7.77. The number of likely N-dealkylation sites (tertiary alicyclic amines) is 1. The third-order valence-corrected chi connectivity index (χ3v) is 7.77. The van der Waals surface area contributed by atoms with E-state index in [-0.39, 0.29) is 23.8 Å². The van der Waals surface area contributed by atoms with Gasteiger partial charge in [0.15, 0.2) is 6.23 Å². The van der Waals surface area contributed by atoms with Crippen LogP contribution in [0.4, 0.5) is 4.79 Å². The zero-order chi connectivity index (χ0) is 26.5. The summed E-state index contributed by atoms with van der Waals surface area (Å²) >= 11 is 0. The summed E-state index contributed by atoms with van der Waals surface area (Å²) in [4.78, 5) is 23.8. The van der Waals surface area contributed by atoms with Crippen molar-refractivity contribution in [2.75, 3.05) is 19.7 Å². The molecular formula is C28H34BN5O4. The Labute approximate surface area is 224 Å². The largest absolute Gasteiger partial charge is 0.471 e. The summed E-state index contributed by atoms with van der Waals surface area (Å²) in [6, 6.07) is 5.79. The summed E-state index contributed by atoms with van der Waals surface area (Å²) in [7, 11) is 6.15. The van der Waals surface area contributed by atoms with Crippen LogP contribution in [-0.2, 0) is 9.47 Å². The smallest absolute Gasteiger partial charge is 0.410 e. The zero-order valence-corrected chi connectivity index (χ0v) is 22.4. The normalized spacial score (nSPS) is 23.0. The first kappa shape index (κ1) is 25.2. The van der Waals surface area contributed by atoms with Gasteiger partial charge in [-0.2, -0.15) is 5.10 Å². The Morgan fingerprint density at radius 2 is 2.03 bits per heavy atom. The molecule has 1 aliphatic carbocycles. The molecule has 1 amide bonds. The average Bonchev–Trinajstić information content (AvgIpc) is 3.56. The predicted octanol–water partition coefficient (Wildman–Crippen LogP) is 4.15. The minimum Gasteiger partial charge on any atom is -0.471 e. The number of hydrogen-bond donors (Lipinski definition) is 0. The maximum absolute atomic E-state index is 12.8. The monoisotopic (exact) mass is 515 g/mol. The van der Waals surface area contributed by atoms with Gasteiger partial charge in [0.05, 0.1) is 24.5 Å². The molecule has 1 saturated carbocycles. The van der Waals surface area contributed by atoms with Crippen LogP contribution in [0.2, 0.25) is 0 Å². The van der Waals surface area contributed by atoms with E-state index in [0.717, 1.165) is 56.0 Å². The highest BCUT2D eigenvalue weighted by molar-refractivity contribution is 6.33. The number of ether oxygens (including phenoxy) is 3. The zero-order valence-electron chi connectivity index (χ0n) is 22.4. The molecule has 3 aliphatic rings. The van der Waals surface area contributed by atoms with Crippen molar-refractivity contribution in [2.45, 2.75) is 77.2 Å². The number of rotatable bonds is 4. The van der Waals surface area contributed by atoms with Gasteiger partial charge in [0.2, 0.25) is 5.88 Å². The average molecular weight is 515 g/mol. The van der Waals surface area contributed by atoms with Gasteiger partial charge >= 0.3 is 6.09 Å². The Balaban J connectivity index is 1.28. The number of benzene rings is 1. The summed E-state index contributed by atoms with van der Waals surface area (Å²) in [5.41, 5.74) is 2.45. The van der Waals surface area contributed by atoms with Crippen LogP contribution >= 0.6 is 0 Å². The molecule has 38 heavy (non-hydrogen) atoms. The molecule has 10 heteroatoms. The number of fused-ring (bicyclic) bond motifs is 1. The molecule has 3 fully saturated rings. The van der Waals surface area contributed by atoms with Gasteiger partial charge in [0, 0.05) is 24.0 Å². The fourth-order valence-electron chi connectivity index (χ4n) is 5.54. The van der Waals surface area contributed by atoms with E-state index in [0.29, 0.717) is 35.8 Å². The number of piperidine rings is 1. The van der Waals surface area contributed by atoms with E-state index in [1.807, 2.05) is 43.7 Å². The molecular weight excluding hydrogens is 481 g/mol. The topological polar surface area (TPSA) is 91.6 Å². The van der Waals surface area contributed by atoms with E-state index in [2.05, 4.69) is 4.98 Å². The van der Waals surface area contributed by atoms with Gasteiger partial charge < -0.3 is 19.1 Å². The second-order valence-corrected chi connectivity index (χ2v) is 11.8. The Hall–Kier alpha value is -3.14. The van der Waals surface area contributed by atoms with Gasteiger partial charge in [-0.25, -0.2) is 14.5 Å². The van der Waals surface area contributed by atoms with Gasteiger partial charge in [-0.1, -0.05) is 17.6 Å². The van der Waals surface area contributed by atoms with Crippen LogP contribution < -0.4 is 10.2 Å². The van der Waals surface area contributed by atoms with E-state index in [1.54, 1.807) is 17.3 Å². The number of hydrogen-bond acceptors (Lipinski definition) is 7. The van der Waals surface area contributed by atoms with Crippen LogP contribution in [0, 0.1) is 5.41 Å². The lowest BCUT2D eigenvalue weighted by Gasteiger charge is -2.39. The number of nitrogens with zero attached hydrogens (tertiary/aromatic N) is 5. The second-order valence-electron chi connectivity index (χ2n) is 11.8. The lowest BCUT2D eigenvalue weighted by molar-refractivity contribution is -0.0365. The van der Waals surface area contributed by atoms with E-state index in [9.17, 15) is 4.79 Å². The molecule has 3 aromatic rings. The van der Waals surface area contributed by atoms with Crippen molar-refractivity contribution in [1.82, 2.24) is 24.6 Å². The van der Waals surface area contributed by atoms with Crippen LogP contribution in [0.15, 0.2) is 30.6 Å². The van der Waals surface area contributed by atoms with E-state index in [4.69, 9.17) is 32.1 Å².